The maximum absolute atomic E-state index is 12.0. The van der Waals surface area contributed by atoms with Crippen molar-refractivity contribution in [3.8, 4) is 0 Å². The van der Waals surface area contributed by atoms with Crippen LogP contribution in [0.15, 0.2) is 0 Å². The summed E-state index contributed by atoms with van der Waals surface area (Å²) in [5, 5.41) is 11.3. The van der Waals surface area contributed by atoms with Crippen molar-refractivity contribution in [3.05, 3.63) is 0 Å². The van der Waals surface area contributed by atoms with Crippen LogP contribution in [-0.4, -0.2) is 46.9 Å². The van der Waals surface area contributed by atoms with Crippen LogP contribution in [0.4, 0.5) is 0 Å². The molecule has 0 spiro atoms. The second kappa shape index (κ2) is 7.11. The average molecular weight is 270 g/mol. The van der Waals surface area contributed by atoms with Gasteiger partial charge in [-0.3, -0.25) is 14.4 Å². The highest BCUT2D eigenvalue weighted by atomic mass is 16.4. The maximum atomic E-state index is 12.0. The molecule has 0 aromatic carbocycles. The molecular formula is C13H22N2O4. The fourth-order valence-corrected chi connectivity index (χ4v) is 2.26. The fourth-order valence-electron chi connectivity index (χ4n) is 2.26. The average Bonchev–Trinajstić information content (AvgIpc) is 2.79. The third kappa shape index (κ3) is 5.28. The van der Waals surface area contributed by atoms with E-state index in [-0.39, 0.29) is 30.6 Å². The van der Waals surface area contributed by atoms with Crippen molar-refractivity contribution in [3.63, 3.8) is 0 Å². The summed E-state index contributed by atoms with van der Waals surface area (Å²) in [6, 6.07) is -0.539. The lowest BCUT2D eigenvalue weighted by Crippen LogP contribution is -2.46. The lowest BCUT2D eigenvalue weighted by Gasteiger charge is -2.21. The quantitative estimate of drug-likeness (QED) is 0.740. The van der Waals surface area contributed by atoms with Gasteiger partial charge in [-0.25, -0.2) is 0 Å². The molecule has 6 nitrogen and oxygen atoms in total. The molecule has 0 radical (unpaired) electrons. The van der Waals surface area contributed by atoms with Crippen LogP contribution in [0.5, 0.6) is 0 Å². The van der Waals surface area contributed by atoms with Crippen LogP contribution in [0, 0.1) is 5.92 Å². The first-order valence-electron chi connectivity index (χ1n) is 6.70. The summed E-state index contributed by atoms with van der Waals surface area (Å²) in [5.74, 6) is -1.47. The Morgan fingerprint density at radius 2 is 1.74 bits per heavy atom. The van der Waals surface area contributed by atoms with Gasteiger partial charge in [0.2, 0.25) is 11.8 Å². The number of carbonyl (C=O) groups excluding carboxylic acids is 2. The molecule has 0 saturated carbocycles. The zero-order valence-corrected chi connectivity index (χ0v) is 11.5. The van der Waals surface area contributed by atoms with Crippen LogP contribution in [-0.2, 0) is 14.4 Å². The molecule has 1 saturated heterocycles. The number of aliphatic carboxylic acids is 1. The van der Waals surface area contributed by atoms with Gasteiger partial charge in [0.05, 0.1) is 0 Å². The molecule has 2 unspecified atom stereocenters. The van der Waals surface area contributed by atoms with Gasteiger partial charge in [-0.1, -0.05) is 6.92 Å². The van der Waals surface area contributed by atoms with Crippen LogP contribution in [0.3, 0.4) is 0 Å². The largest absolute Gasteiger partial charge is 0.481 e. The Morgan fingerprint density at radius 1 is 1.16 bits per heavy atom. The zero-order chi connectivity index (χ0) is 14.4. The molecule has 2 amide bonds. The van der Waals surface area contributed by atoms with Gasteiger partial charge in [-0.2, -0.15) is 0 Å². The van der Waals surface area contributed by atoms with Crippen LogP contribution in [0.2, 0.25) is 0 Å². The number of hydrogen-bond donors (Lipinski definition) is 2. The highest BCUT2D eigenvalue weighted by Crippen LogP contribution is 2.10. The summed E-state index contributed by atoms with van der Waals surface area (Å²) in [6.07, 6.45) is 2.12. The summed E-state index contributed by atoms with van der Waals surface area (Å²) in [7, 11) is 0. The highest BCUT2D eigenvalue weighted by Gasteiger charge is 2.24. The SMILES string of the molecule is CC(CC(=O)O)CC(=O)NC(C)C(=O)N1CCCC1. The molecule has 0 aromatic heterocycles. The third-order valence-electron chi connectivity index (χ3n) is 3.22. The van der Waals surface area contributed by atoms with E-state index in [0.717, 1.165) is 25.9 Å². The van der Waals surface area contributed by atoms with Gasteiger partial charge in [-0.15, -0.1) is 0 Å². The van der Waals surface area contributed by atoms with Gasteiger partial charge in [0.1, 0.15) is 6.04 Å². The zero-order valence-electron chi connectivity index (χ0n) is 11.5. The molecule has 0 aromatic rings. The number of carboxylic acids is 1. The lowest BCUT2D eigenvalue weighted by molar-refractivity contribution is -0.139. The van der Waals surface area contributed by atoms with E-state index in [2.05, 4.69) is 5.32 Å². The first kappa shape index (κ1) is 15.5. The molecule has 1 rings (SSSR count). The molecule has 1 aliphatic rings. The smallest absolute Gasteiger partial charge is 0.303 e. The van der Waals surface area contributed by atoms with Crippen LogP contribution >= 0.6 is 0 Å². The van der Waals surface area contributed by atoms with Gasteiger partial charge in [0, 0.05) is 25.9 Å². The number of rotatable bonds is 6. The van der Waals surface area contributed by atoms with E-state index in [1.165, 1.54) is 0 Å². The summed E-state index contributed by atoms with van der Waals surface area (Å²) in [6.45, 7) is 4.89. The molecule has 6 heteroatoms. The molecule has 2 N–H and O–H groups in total. The van der Waals surface area contributed by atoms with Crippen molar-refractivity contribution in [2.75, 3.05) is 13.1 Å². The minimum Gasteiger partial charge on any atom is -0.481 e. The molecule has 19 heavy (non-hydrogen) atoms. The fraction of sp³-hybridized carbons (Fsp3) is 0.769. The first-order valence-corrected chi connectivity index (χ1v) is 6.70. The van der Waals surface area contributed by atoms with E-state index in [1.807, 2.05) is 0 Å². The van der Waals surface area contributed by atoms with Gasteiger partial charge in [-0.05, 0) is 25.7 Å². The molecule has 0 bridgehead atoms. The molecule has 2 atom stereocenters. The Labute approximate surface area is 113 Å². The predicted molar refractivity (Wildman–Crippen MR) is 69.5 cm³/mol. The minimum absolute atomic E-state index is 0.0398. The number of hydrogen-bond acceptors (Lipinski definition) is 3. The Balaban J connectivity index is 2.34. The number of carbonyl (C=O) groups is 3. The Hall–Kier alpha value is -1.59. The van der Waals surface area contributed by atoms with E-state index in [1.54, 1.807) is 18.7 Å². The number of nitrogens with one attached hydrogen (secondary N) is 1. The van der Waals surface area contributed by atoms with E-state index in [0.29, 0.717) is 0 Å². The highest BCUT2D eigenvalue weighted by molar-refractivity contribution is 5.87. The molecule has 1 aliphatic heterocycles. The van der Waals surface area contributed by atoms with Crippen molar-refractivity contribution in [2.45, 2.75) is 45.6 Å². The summed E-state index contributed by atoms with van der Waals surface area (Å²) in [4.78, 5) is 35.9. The van der Waals surface area contributed by atoms with Crippen molar-refractivity contribution in [2.24, 2.45) is 5.92 Å². The monoisotopic (exact) mass is 270 g/mol. The summed E-state index contributed by atoms with van der Waals surface area (Å²) >= 11 is 0. The maximum Gasteiger partial charge on any atom is 0.303 e. The van der Waals surface area contributed by atoms with Crippen molar-refractivity contribution in [1.29, 1.82) is 0 Å². The lowest BCUT2D eigenvalue weighted by atomic mass is 10.0. The molecule has 1 fully saturated rings. The van der Waals surface area contributed by atoms with Gasteiger partial charge >= 0.3 is 5.97 Å². The molecule has 1 heterocycles. The van der Waals surface area contributed by atoms with E-state index in [4.69, 9.17) is 5.11 Å². The number of carboxylic acid groups (broad SMARTS) is 1. The number of nitrogens with zero attached hydrogens (tertiary/aromatic N) is 1. The van der Waals surface area contributed by atoms with Crippen molar-refractivity contribution in [1.82, 2.24) is 10.2 Å². The molecule has 108 valence electrons. The number of likely N-dealkylation sites (tertiary alicyclic amines) is 1. The van der Waals surface area contributed by atoms with Crippen LogP contribution < -0.4 is 5.32 Å². The van der Waals surface area contributed by atoms with E-state index in [9.17, 15) is 14.4 Å². The third-order valence-corrected chi connectivity index (χ3v) is 3.22. The predicted octanol–water partition coefficient (Wildman–Crippen LogP) is 0.614. The first-order chi connectivity index (χ1) is 8.90. The minimum atomic E-state index is -0.915. The number of amides is 2. The molecular weight excluding hydrogens is 248 g/mol. The van der Waals surface area contributed by atoms with Gasteiger partial charge < -0.3 is 15.3 Å². The van der Waals surface area contributed by atoms with Crippen LogP contribution in [0.1, 0.15) is 39.5 Å². The Bertz CT molecular complexity index is 351. The van der Waals surface area contributed by atoms with Crippen molar-refractivity contribution < 1.29 is 19.5 Å². The van der Waals surface area contributed by atoms with Gasteiger partial charge in [0.25, 0.3) is 0 Å². The van der Waals surface area contributed by atoms with E-state index < -0.39 is 12.0 Å². The van der Waals surface area contributed by atoms with Gasteiger partial charge in [0.15, 0.2) is 0 Å². The summed E-state index contributed by atoms with van der Waals surface area (Å²) < 4.78 is 0. The van der Waals surface area contributed by atoms with Crippen molar-refractivity contribution >= 4 is 17.8 Å². The normalized spacial score (nSPS) is 17.9. The van der Waals surface area contributed by atoms with Crippen LogP contribution in [0.25, 0.3) is 0 Å². The Morgan fingerprint density at radius 3 is 2.26 bits per heavy atom. The summed E-state index contributed by atoms with van der Waals surface area (Å²) in [5.41, 5.74) is 0. The topological polar surface area (TPSA) is 86.7 Å². The Kier molecular flexibility index (Phi) is 5.79. The standard InChI is InChI=1S/C13H22N2O4/c1-9(8-12(17)18)7-11(16)14-10(2)13(19)15-5-3-4-6-15/h9-10H,3-8H2,1-2H3,(H,14,16)(H,17,18). The molecule has 0 aliphatic carbocycles. The second-order valence-electron chi connectivity index (χ2n) is 5.23. The second-order valence-corrected chi connectivity index (χ2v) is 5.23. The van der Waals surface area contributed by atoms with E-state index >= 15 is 0 Å².